The van der Waals surface area contributed by atoms with Crippen molar-refractivity contribution >= 4 is 0 Å². The van der Waals surface area contributed by atoms with Gasteiger partial charge in [0.25, 0.3) is 0 Å². The Kier molecular flexibility index (Phi) is 2.90. The summed E-state index contributed by atoms with van der Waals surface area (Å²) in [6.45, 7) is 2.32. The van der Waals surface area contributed by atoms with Crippen LogP contribution in [0.3, 0.4) is 0 Å². The summed E-state index contributed by atoms with van der Waals surface area (Å²) in [5.74, 6) is 1.03. The van der Waals surface area contributed by atoms with Crippen molar-refractivity contribution in [3.05, 3.63) is 0 Å². The fourth-order valence-corrected chi connectivity index (χ4v) is 2.60. The molecule has 1 aliphatic heterocycles. The molecule has 3 unspecified atom stereocenters. The normalized spacial score (nSPS) is 42.8. The molecule has 1 saturated heterocycles. The zero-order valence-corrected chi connectivity index (χ0v) is 7.47. The Morgan fingerprint density at radius 3 is 2.64 bits per heavy atom. The third kappa shape index (κ3) is 1.74. The zero-order chi connectivity index (χ0) is 6.97. The predicted molar refractivity (Wildman–Crippen MR) is 48.0 cm³/mol. The van der Waals surface area contributed by atoms with Crippen LogP contribution in [0.4, 0.5) is 0 Å². The Balaban J connectivity index is 0.000000605. The van der Waals surface area contributed by atoms with Crippen molar-refractivity contribution in [1.82, 2.24) is 11.5 Å². The van der Waals surface area contributed by atoms with Crippen LogP contribution in [0.25, 0.3) is 0 Å². The van der Waals surface area contributed by atoms with E-state index < -0.39 is 0 Å². The lowest BCUT2D eigenvalue weighted by atomic mass is 9.85. The maximum Gasteiger partial charge on any atom is 0.00983 e. The average Bonchev–Trinajstić information content (AvgIpc) is 2.27. The lowest BCUT2D eigenvalue weighted by molar-refractivity contribution is 0.325. The van der Waals surface area contributed by atoms with Gasteiger partial charge in [0.2, 0.25) is 0 Å². The van der Waals surface area contributed by atoms with Crippen LogP contribution in [0.2, 0.25) is 0 Å². The summed E-state index contributed by atoms with van der Waals surface area (Å²) < 4.78 is 0. The molecule has 0 amide bonds. The molecule has 0 aromatic rings. The summed E-state index contributed by atoms with van der Waals surface area (Å²) in [7, 11) is 0. The second-order valence-corrected chi connectivity index (χ2v) is 3.95. The van der Waals surface area contributed by atoms with Crippen LogP contribution in [0.1, 0.15) is 39.0 Å². The van der Waals surface area contributed by atoms with Gasteiger partial charge in [0, 0.05) is 12.1 Å². The van der Waals surface area contributed by atoms with Gasteiger partial charge < -0.3 is 11.5 Å². The maximum atomic E-state index is 3.66. The van der Waals surface area contributed by atoms with E-state index in [9.17, 15) is 0 Å². The van der Waals surface area contributed by atoms with Crippen LogP contribution in [0, 0.1) is 5.92 Å². The molecule has 2 fully saturated rings. The van der Waals surface area contributed by atoms with Gasteiger partial charge in [-0.15, -0.1) is 0 Å². The largest absolute Gasteiger partial charge is 0.344 e. The van der Waals surface area contributed by atoms with Crippen molar-refractivity contribution in [2.45, 2.75) is 51.1 Å². The smallest absolute Gasteiger partial charge is 0.00983 e. The van der Waals surface area contributed by atoms with Crippen LogP contribution in [0.15, 0.2) is 0 Å². The van der Waals surface area contributed by atoms with Gasteiger partial charge in [-0.05, 0) is 32.1 Å². The van der Waals surface area contributed by atoms with Gasteiger partial charge in [0.15, 0.2) is 0 Å². The second-order valence-electron chi connectivity index (χ2n) is 3.95. The first-order valence-electron chi connectivity index (χ1n) is 4.62. The molecule has 2 aliphatic rings. The summed E-state index contributed by atoms with van der Waals surface area (Å²) >= 11 is 0. The van der Waals surface area contributed by atoms with Crippen LogP contribution in [-0.4, -0.2) is 12.1 Å². The van der Waals surface area contributed by atoms with E-state index >= 15 is 0 Å². The van der Waals surface area contributed by atoms with Crippen molar-refractivity contribution in [3.63, 3.8) is 0 Å². The molecule has 1 heterocycles. The van der Waals surface area contributed by atoms with Crippen LogP contribution < -0.4 is 11.5 Å². The van der Waals surface area contributed by atoms with Gasteiger partial charge >= 0.3 is 0 Å². The number of hydrogen-bond acceptors (Lipinski definition) is 2. The number of rotatable bonds is 0. The molecule has 66 valence electrons. The first-order chi connectivity index (χ1) is 4.86. The molecular formula is C9H20N2. The summed E-state index contributed by atoms with van der Waals surface area (Å²) in [6.07, 6.45) is 7.30. The molecule has 1 aliphatic carbocycles. The fraction of sp³-hybridized carbons (Fsp3) is 1.00. The Labute approximate surface area is 69.3 Å². The number of nitrogens with one attached hydrogen (secondary N) is 1. The third-order valence-electron chi connectivity index (χ3n) is 3.06. The Morgan fingerprint density at radius 2 is 1.91 bits per heavy atom. The monoisotopic (exact) mass is 156 g/mol. The van der Waals surface area contributed by atoms with Gasteiger partial charge in [0.1, 0.15) is 0 Å². The zero-order valence-electron chi connectivity index (χ0n) is 7.47. The van der Waals surface area contributed by atoms with Crippen molar-refractivity contribution in [3.8, 4) is 0 Å². The Morgan fingerprint density at radius 1 is 1.18 bits per heavy atom. The van der Waals surface area contributed by atoms with E-state index in [2.05, 4.69) is 12.2 Å². The predicted octanol–water partition coefficient (Wildman–Crippen LogP) is 2.09. The highest BCUT2D eigenvalue weighted by atomic mass is 15.0. The molecule has 11 heavy (non-hydrogen) atoms. The minimum Gasteiger partial charge on any atom is -0.344 e. The molecule has 2 nitrogen and oxygen atoms in total. The van der Waals surface area contributed by atoms with E-state index in [1.54, 1.807) is 0 Å². The topological polar surface area (TPSA) is 47.0 Å². The minimum absolute atomic E-state index is 0. The highest BCUT2D eigenvalue weighted by Gasteiger charge is 2.32. The van der Waals surface area contributed by atoms with Crippen molar-refractivity contribution < 1.29 is 0 Å². The summed E-state index contributed by atoms with van der Waals surface area (Å²) in [6, 6.07) is 1.69. The van der Waals surface area contributed by atoms with Gasteiger partial charge in [-0.25, -0.2) is 0 Å². The van der Waals surface area contributed by atoms with Crippen molar-refractivity contribution in [2.75, 3.05) is 0 Å². The summed E-state index contributed by atoms with van der Waals surface area (Å²) in [5.41, 5.74) is 0. The van der Waals surface area contributed by atoms with Gasteiger partial charge in [-0.2, -0.15) is 0 Å². The van der Waals surface area contributed by atoms with Crippen molar-refractivity contribution in [2.24, 2.45) is 5.92 Å². The van der Waals surface area contributed by atoms with E-state index in [1.807, 2.05) is 0 Å². The quantitative estimate of drug-likeness (QED) is 0.564. The molecule has 2 rings (SSSR count). The number of hydrogen-bond donors (Lipinski definition) is 2. The van der Waals surface area contributed by atoms with Crippen molar-refractivity contribution in [1.29, 1.82) is 0 Å². The maximum absolute atomic E-state index is 3.66. The molecule has 2 heteroatoms. The van der Waals surface area contributed by atoms with E-state index in [4.69, 9.17) is 0 Å². The highest BCUT2D eigenvalue weighted by Crippen LogP contribution is 2.32. The molecule has 3 atom stereocenters. The molecule has 0 bridgehead atoms. The molecule has 0 aromatic carbocycles. The lowest BCUT2D eigenvalue weighted by Gasteiger charge is -2.24. The molecule has 1 saturated carbocycles. The molecular weight excluding hydrogens is 136 g/mol. The van der Waals surface area contributed by atoms with E-state index in [1.165, 1.54) is 32.1 Å². The molecule has 0 aromatic heterocycles. The standard InChI is InChI=1S/C9H17N.H3N/c1-7-6-8-4-2-3-5-9(8)10-7;/h7-10H,2-6H2,1H3;1H3. The van der Waals surface area contributed by atoms with Crippen LogP contribution in [-0.2, 0) is 0 Å². The first kappa shape index (κ1) is 9.01. The molecule has 0 spiro atoms. The fourth-order valence-electron chi connectivity index (χ4n) is 2.60. The van der Waals surface area contributed by atoms with Crippen LogP contribution in [0.5, 0.6) is 0 Å². The van der Waals surface area contributed by atoms with E-state index in [0.29, 0.717) is 0 Å². The second kappa shape index (κ2) is 3.55. The lowest BCUT2D eigenvalue weighted by Crippen LogP contribution is -2.31. The molecule has 0 radical (unpaired) electrons. The van der Waals surface area contributed by atoms with Gasteiger partial charge in [0.05, 0.1) is 0 Å². The first-order valence-corrected chi connectivity index (χ1v) is 4.62. The van der Waals surface area contributed by atoms with E-state index in [0.717, 1.165) is 18.0 Å². The Hall–Kier alpha value is -0.0800. The average molecular weight is 156 g/mol. The SMILES string of the molecule is CC1CC2CCCCC2N1.N. The van der Waals surface area contributed by atoms with E-state index in [-0.39, 0.29) is 6.15 Å². The third-order valence-corrected chi connectivity index (χ3v) is 3.06. The number of fused-ring (bicyclic) bond motifs is 1. The molecule has 4 N–H and O–H groups in total. The Bertz CT molecular complexity index is 111. The highest BCUT2D eigenvalue weighted by molar-refractivity contribution is 4.90. The van der Waals surface area contributed by atoms with Gasteiger partial charge in [-0.1, -0.05) is 12.8 Å². The van der Waals surface area contributed by atoms with Crippen LogP contribution >= 0.6 is 0 Å². The van der Waals surface area contributed by atoms with Gasteiger partial charge in [-0.3, -0.25) is 0 Å². The minimum atomic E-state index is 0. The summed E-state index contributed by atoms with van der Waals surface area (Å²) in [4.78, 5) is 0. The summed E-state index contributed by atoms with van der Waals surface area (Å²) in [5, 5.41) is 3.66.